The van der Waals surface area contributed by atoms with Gasteiger partial charge in [0.25, 0.3) is 0 Å². The van der Waals surface area contributed by atoms with E-state index in [1.54, 1.807) is 18.2 Å². The third-order valence-electron chi connectivity index (χ3n) is 6.02. The molecule has 1 aliphatic rings. The number of alkyl halides is 3. The van der Waals surface area contributed by atoms with Crippen LogP contribution in [0.25, 0.3) is 0 Å². The van der Waals surface area contributed by atoms with E-state index >= 15 is 0 Å². The fourth-order valence-electron chi connectivity index (χ4n) is 3.97. The molecule has 3 amide bonds. The SMILES string of the molecule is Cc1ccc(COCC(F)P)c(N2C(=O)CS/C2=N\C(=O)Nc2ccc(C(N)=NC=Nc3ccc(OC(F)F)c(F)c3)cc2F)c1. The summed E-state index contributed by atoms with van der Waals surface area (Å²) in [5.74, 6) is -4.34. The number of halogens is 5. The molecule has 3 aromatic carbocycles. The molecule has 0 radical (unpaired) electrons. The Balaban J connectivity index is 1.45. The number of hydrogen-bond donors (Lipinski definition) is 2. The summed E-state index contributed by atoms with van der Waals surface area (Å²) in [6.45, 7) is -1.53. The van der Waals surface area contributed by atoms with Crippen molar-refractivity contribution in [3.05, 3.63) is 82.9 Å². The van der Waals surface area contributed by atoms with E-state index in [2.05, 4.69) is 25.0 Å². The van der Waals surface area contributed by atoms with Gasteiger partial charge in [-0.25, -0.2) is 28.0 Å². The summed E-state index contributed by atoms with van der Waals surface area (Å²) in [7, 11) is 1.99. The van der Waals surface area contributed by atoms with Crippen LogP contribution in [0.15, 0.2) is 69.6 Å². The van der Waals surface area contributed by atoms with E-state index in [9.17, 15) is 31.5 Å². The molecule has 3 aromatic rings. The molecule has 46 heavy (non-hydrogen) atoms. The number of amidine groups is 2. The van der Waals surface area contributed by atoms with Gasteiger partial charge in [0, 0.05) is 17.2 Å². The van der Waals surface area contributed by atoms with Crippen LogP contribution in [0.2, 0.25) is 0 Å². The van der Waals surface area contributed by atoms with Crippen LogP contribution in [0.3, 0.4) is 0 Å². The maximum atomic E-state index is 14.9. The number of hydrogen-bond acceptors (Lipinski definition) is 6. The number of anilines is 2. The Kier molecular flexibility index (Phi) is 11.8. The predicted octanol–water partition coefficient (Wildman–Crippen LogP) is 6.30. The molecule has 2 unspecified atom stereocenters. The lowest BCUT2D eigenvalue weighted by Gasteiger charge is -2.20. The Bertz CT molecular complexity index is 1710. The Morgan fingerprint density at radius 1 is 1.13 bits per heavy atom. The van der Waals surface area contributed by atoms with Crippen LogP contribution in [0.4, 0.5) is 43.8 Å². The Morgan fingerprint density at radius 3 is 2.61 bits per heavy atom. The van der Waals surface area contributed by atoms with Gasteiger partial charge in [0.2, 0.25) is 5.91 Å². The molecular weight excluding hydrogens is 654 g/mol. The van der Waals surface area contributed by atoms with Gasteiger partial charge in [-0.2, -0.15) is 13.8 Å². The highest BCUT2D eigenvalue weighted by Gasteiger charge is 2.32. The highest BCUT2D eigenvalue weighted by Crippen LogP contribution is 2.31. The molecule has 0 spiro atoms. The fraction of sp³-hybridized carbons (Fsp3) is 0.207. The first-order chi connectivity index (χ1) is 21.9. The van der Waals surface area contributed by atoms with Crippen LogP contribution in [-0.4, -0.2) is 54.2 Å². The molecule has 2 atom stereocenters. The topological polar surface area (TPSA) is 131 Å². The van der Waals surface area contributed by atoms with Crippen molar-refractivity contribution in [1.29, 1.82) is 0 Å². The molecule has 1 fully saturated rings. The average molecular weight is 681 g/mol. The first-order valence-electron chi connectivity index (χ1n) is 13.2. The second-order valence-corrected chi connectivity index (χ2v) is 11.1. The van der Waals surface area contributed by atoms with Crippen molar-refractivity contribution >= 4 is 67.3 Å². The number of thioether (sulfide) groups is 1. The minimum absolute atomic E-state index is 0.0108. The van der Waals surface area contributed by atoms with Gasteiger partial charge >= 0.3 is 12.6 Å². The van der Waals surface area contributed by atoms with Gasteiger partial charge < -0.3 is 20.5 Å². The number of benzene rings is 3. The molecule has 17 heteroatoms. The van der Waals surface area contributed by atoms with Crippen molar-refractivity contribution in [2.45, 2.75) is 26.1 Å². The average Bonchev–Trinajstić information content (AvgIpc) is 3.34. The Hall–Kier alpha value is -4.40. The van der Waals surface area contributed by atoms with Crippen LogP contribution < -0.4 is 20.7 Å². The van der Waals surface area contributed by atoms with Crippen LogP contribution >= 0.6 is 21.0 Å². The van der Waals surface area contributed by atoms with Crippen molar-refractivity contribution < 1.29 is 41.0 Å². The number of carbonyl (C=O) groups is 2. The standard InChI is InChI=1S/C29H26F5N6O4PS/c1-15-2-3-17(11-43-12-24(32)45)22(8-15)40-25(41)13-46-29(40)39-28(42)38-21-6-4-16(9-19(21)30)26(35)37-14-36-18-5-7-23(20(31)10-18)44-27(33)34/h2-10,14,24,27H,11-13,45H2,1H3,(H,38,42)(H2,35,36,37)/b39-29-. The highest BCUT2D eigenvalue weighted by atomic mass is 32.2. The molecule has 1 saturated heterocycles. The van der Waals surface area contributed by atoms with Crippen LogP contribution in [0.5, 0.6) is 5.75 Å². The predicted molar refractivity (Wildman–Crippen MR) is 170 cm³/mol. The lowest BCUT2D eigenvalue weighted by atomic mass is 10.1. The van der Waals surface area contributed by atoms with E-state index < -0.39 is 35.9 Å². The summed E-state index contributed by atoms with van der Waals surface area (Å²) >= 11 is 1.02. The molecular formula is C29H26F5N6O4PS. The molecule has 0 saturated carbocycles. The molecule has 0 aliphatic carbocycles. The number of rotatable bonds is 11. The summed E-state index contributed by atoms with van der Waals surface area (Å²) in [4.78, 5) is 38.5. The minimum atomic E-state index is -3.19. The Labute approximate surface area is 266 Å². The number of aliphatic imine (C=N–C) groups is 3. The van der Waals surface area contributed by atoms with E-state index in [0.717, 1.165) is 41.9 Å². The van der Waals surface area contributed by atoms with Gasteiger partial charge in [0.05, 0.1) is 36.0 Å². The van der Waals surface area contributed by atoms with Crippen molar-refractivity contribution in [3.63, 3.8) is 0 Å². The lowest BCUT2D eigenvalue weighted by Crippen LogP contribution is -2.31. The number of nitrogens with two attached hydrogens (primary N) is 1. The molecule has 4 rings (SSSR count). The number of urea groups is 1. The number of amides is 3. The number of aryl methyl sites for hydroxylation is 1. The van der Waals surface area contributed by atoms with Crippen LogP contribution in [0.1, 0.15) is 16.7 Å². The van der Waals surface area contributed by atoms with Crippen molar-refractivity contribution in [1.82, 2.24) is 0 Å². The molecule has 0 aromatic heterocycles. The van der Waals surface area contributed by atoms with Gasteiger partial charge in [-0.15, -0.1) is 0 Å². The van der Waals surface area contributed by atoms with Crippen molar-refractivity contribution in [2.75, 3.05) is 22.6 Å². The third-order valence-corrected chi connectivity index (χ3v) is 7.14. The van der Waals surface area contributed by atoms with E-state index in [0.29, 0.717) is 11.3 Å². The largest absolute Gasteiger partial charge is 0.432 e. The Morgan fingerprint density at radius 2 is 1.91 bits per heavy atom. The summed E-state index contributed by atoms with van der Waals surface area (Å²) in [6.07, 6.45) is 0.958. The summed E-state index contributed by atoms with van der Waals surface area (Å²) in [5, 5.41) is 2.39. The van der Waals surface area contributed by atoms with Crippen LogP contribution in [0, 0.1) is 18.6 Å². The molecule has 3 N–H and O–H groups in total. The monoisotopic (exact) mass is 680 g/mol. The smallest absolute Gasteiger partial charge is 0.387 e. The zero-order chi connectivity index (χ0) is 33.4. The van der Waals surface area contributed by atoms with Gasteiger partial charge in [0.15, 0.2) is 16.7 Å². The van der Waals surface area contributed by atoms with Crippen LogP contribution in [-0.2, 0) is 16.1 Å². The maximum Gasteiger partial charge on any atom is 0.387 e. The second-order valence-electron chi connectivity index (χ2n) is 9.45. The number of carbonyl (C=O) groups excluding carboxylic acids is 2. The number of nitrogens with one attached hydrogen (secondary N) is 1. The first-order valence-corrected chi connectivity index (χ1v) is 14.9. The van der Waals surface area contributed by atoms with Gasteiger partial charge in [-0.05, 0) is 48.9 Å². The lowest BCUT2D eigenvalue weighted by molar-refractivity contribution is -0.115. The van der Waals surface area contributed by atoms with E-state index in [4.69, 9.17) is 10.5 Å². The normalized spacial score (nSPS) is 15.3. The van der Waals surface area contributed by atoms with Crippen molar-refractivity contribution in [3.8, 4) is 5.75 Å². The summed E-state index contributed by atoms with van der Waals surface area (Å²) < 4.78 is 75.9. The maximum absolute atomic E-state index is 14.9. The molecule has 1 heterocycles. The summed E-state index contributed by atoms with van der Waals surface area (Å²) in [5.41, 5.74) is 7.63. The second kappa shape index (κ2) is 15.7. The number of ether oxygens (including phenoxy) is 2. The zero-order valence-electron chi connectivity index (χ0n) is 23.9. The van der Waals surface area contributed by atoms with Crippen molar-refractivity contribution in [2.24, 2.45) is 20.7 Å². The molecule has 10 nitrogen and oxygen atoms in total. The molecule has 0 bridgehead atoms. The zero-order valence-corrected chi connectivity index (χ0v) is 25.9. The highest BCUT2D eigenvalue weighted by molar-refractivity contribution is 8.15. The fourth-order valence-corrected chi connectivity index (χ4v) is 4.96. The van der Waals surface area contributed by atoms with Gasteiger partial charge in [-0.3, -0.25) is 9.69 Å². The molecule has 242 valence electrons. The van der Waals surface area contributed by atoms with E-state index in [1.165, 1.54) is 23.1 Å². The van der Waals surface area contributed by atoms with Gasteiger partial charge in [0.1, 0.15) is 23.9 Å². The third kappa shape index (κ3) is 9.31. The minimum Gasteiger partial charge on any atom is -0.432 e. The molecule has 1 aliphatic heterocycles. The quantitative estimate of drug-likeness (QED) is 0.106. The van der Waals surface area contributed by atoms with Gasteiger partial charge in [-0.1, -0.05) is 33.1 Å². The van der Waals surface area contributed by atoms with E-state index in [-0.39, 0.29) is 52.8 Å². The number of nitrogens with zero attached hydrogens (tertiary/aromatic N) is 4. The first kappa shape index (κ1) is 34.5. The van der Waals surface area contributed by atoms with E-state index in [1.807, 2.05) is 16.2 Å². The summed E-state index contributed by atoms with van der Waals surface area (Å²) in [6, 6.07) is 10.9.